The molecule has 0 radical (unpaired) electrons. The molecule has 4 heteroatoms. The number of carbonyl (C=O) groups is 2. The van der Waals surface area contributed by atoms with E-state index in [0.717, 1.165) is 38.5 Å². The molecule has 0 aliphatic heterocycles. The Labute approximate surface area is 179 Å². The first-order chi connectivity index (χ1) is 14.1. The van der Waals surface area contributed by atoms with Crippen LogP contribution in [0.25, 0.3) is 0 Å². The van der Waals surface area contributed by atoms with Crippen LogP contribution in [0.4, 0.5) is 0 Å². The third-order valence-corrected chi connectivity index (χ3v) is 5.09. The first kappa shape index (κ1) is 27.7. The second-order valence-corrected chi connectivity index (χ2v) is 8.16. The van der Waals surface area contributed by atoms with Crippen molar-refractivity contribution >= 4 is 11.9 Å². The summed E-state index contributed by atoms with van der Waals surface area (Å²) in [5.74, 6) is -0.381. The fourth-order valence-electron chi connectivity index (χ4n) is 3.27. The Bertz CT molecular complexity index is 406. The maximum Gasteiger partial charge on any atom is 0.306 e. The van der Waals surface area contributed by atoms with E-state index in [4.69, 9.17) is 9.47 Å². The highest BCUT2D eigenvalue weighted by Crippen LogP contribution is 2.11. The van der Waals surface area contributed by atoms with Crippen LogP contribution >= 0.6 is 0 Å². The third kappa shape index (κ3) is 21.2. The summed E-state index contributed by atoms with van der Waals surface area (Å²) in [6.07, 6.45) is 20.0. The quantitative estimate of drug-likeness (QED) is 0.113. The van der Waals surface area contributed by atoms with Crippen LogP contribution in [0, 0.1) is 0 Å². The number of hydrogen-bond donors (Lipinski definition) is 0. The van der Waals surface area contributed by atoms with Crippen molar-refractivity contribution in [1.82, 2.24) is 0 Å². The number of hydrogen-bond acceptors (Lipinski definition) is 4. The Kier molecular flexibility index (Phi) is 20.4. The number of rotatable bonds is 21. The molecule has 0 rings (SSSR count). The first-order valence-corrected chi connectivity index (χ1v) is 12.1. The van der Waals surface area contributed by atoms with E-state index < -0.39 is 0 Å². The molecule has 0 heterocycles. The summed E-state index contributed by atoms with van der Waals surface area (Å²) in [5.41, 5.74) is 0. The Morgan fingerprint density at radius 1 is 0.759 bits per heavy atom. The molecule has 0 saturated heterocycles. The number of carbonyl (C=O) groups excluding carboxylic acids is 2. The number of unbranched alkanes of at least 4 members (excludes halogenated alkanes) is 13. The van der Waals surface area contributed by atoms with Crippen molar-refractivity contribution in [3.8, 4) is 0 Å². The average Bonchev–Trinajstić information content (AvgIpc) is 2.70. The van der Waals surface area contributed by atoms with Crippen molar-refractivity contribution in [3.63, 3.8) is 0 Å². The lowest BCUT2D eigenvalue weighted by Gasteiger charge is -2.13. The zero-order valence-corrected chi connectivity index (χ0v) is 19.2. The van der Waals surface area contributed by atoms with Gasteiger partial charge in [0.15, 0.2) is 0 Å². The molecule has 0 bridgehead atoms. The zero-order valence-electron chi connectivity index (χ0n) is 19.2. The molecule has 0 aliphatic rings. The van der Waals surface area contributed by atoms with Crippen molar-refractivity contribution in [2.24, 2.45) is 0 Å². The largest absolute Gasteiger partial charge is 0.462 e. The predicted molar refractivity (Wildman–Crippen MR) is 121 cm³/mol. The molecule has 0 amide bonds. The van der Waals surface area contributed by atoms with Crippen molar-refractivity contribution in [1.29, 1.82) is 0 Å². The molecule has 0 aromatic carbocycles. The summed E-state index contributed by atoms with van der Waals surface area (Å²) in [6, 6.07) is 0. The van der Waals surface area contributed by atoms with Gasteiger partial charge in [0.1, 0.15) is 12.7 Å². The summed E-state index contributed by atoms with van der Waals surface area (Å²) >= 11 is 0. The van der Waals surface area contributed by atoms with Gasteiger partial charge in [0.2, 0.25) is 0 Å². The SMILES string of the molecule is C=CCCCCCCCC(=O)O[C@@H](C)COC(=O)CCCCCCCCCCC. The van der Waals surface area contributed by atoms with Gasteiger partial charge in [-0.2, -0.15) is 0 Å². The van der Waals surface area contributed by atoms with E-state index in [0.29, 0.717) is 12.8 Å². The van der Waals surface area contributed by atoms with Gasteiger partial charge in [-0.1, -0.05) is 83.6 Å². The highest BCUT2D eigenvalue weighted by molar-refractivity contribution is 5.70. The maximum absolute atomic E-state index is 11.8. The van der Waals surface area contributed by atoms with E-state index in [-0.39, 0.29) is 24.6 Å². The van der Waals surface area contributed by atoms with Crippen molar-refractivity contribution < 1.29 is 19.1 Å². The van der Waals surface area contributed by atoms with E-state index >= 15 is 0 Å². The molecule has 0 aromatic heterocycles. The molecule has 0 fully saturated rings. The van der Waals surface area contributed by atoms with Crippen LogP contribution in [0.3, 0.4) is 0 Å². The molecule has 0 spiro atoms. The van der Waals surface area contributed by atoms with E-state index in [2.05, 4.69) is 13.5 Å². The monoisotopic (exact) mass is 410 g/mol. The van der Waals surface area contributed by atoms with Gasteiger partial charge < -0.3 is 9.47 Å². The average molecular weight is 411 g/mol. The van der Waals surface area contributed by atoms with Crippen LogP contribution in [0.1, 0.15) is 123 Å². The number of ether oxygens (including phenoxy) is 2. The van der Waals surface area contributed by atoms with Crippen LogP contribution in [-0.4, -0.2) is 24.6 Å². The van der Waals surface area contributed by atoms with Crippen LogP contribution in [0.15, 0.2) is 12.7 Å². The van der Waals surface area contributed by atoms with Crippen LogP contribution in [-0.2, 0) is 19.1 Å². The summed E-state index contributed by atoms with van der Waals surface area (Å²) < 4.78 is 10.5. The van der Waals surface area contributed by atoms with Gasteiger partial charge in [0.25, 0.3) is 0 Å². The molecule has 0 unspecified atom stereocenters. The van der Waals surface area contributed by atoms with Gasteiger partial charge in [-0.15, -0.1) is 6.58 Å². The van der Waals surface area contributed by atoms with E-state index in [1.54, 1.807) is 6.92 Å². The summed E-state index contributed by atoms with van der Waals surface area (Å²) in [6.45, 7) is 7.88. The third-order valence-electron chi connectivity index (χ3n) is 5.09. The van der Waals surface area contributed by atoms with Crippen molar-refractivity contribution in [2.45, 2.75) is 129 Å². The normalized spacial score (nSPS) is 11.8. The molecule has 0 aromatic rings. The molecule has 0 N–H and O–H groups in total. The molecule has 170 valence electrons. The summed E-state index contributed by atoms with van der Waals surface area (Å²) in [5, 5.41) is 0. The molecular weight excluding hydrogens is 364 g/mol. The summed E-state index contributed by atoms with van der Waals surface area (Å²) in [4.78, 5) is 23.6. The second kappa shape index (κ2) is 21.4. The lowest BCUT2D eigenvalue weighted by Crippen LogP contribution is -2.22. The van der Waals surface area contributed by atoms with E-state index in [1.807, 2.05) is 6.08 Å². The molecule has 0 saturated carbocycles. The van der Waals surface area contributed by atoms with E-state index in [1.165, 1.54) is 57.8 Å². The molecule has 0 aliphatic carbocycles. The van der Waals surface area contributed by atoms with Crippen molar-refractivity contribution in [3.05, 3.63) is 12.7 Å². The van der Waals surface area contributed by atoms with Gasteiger partial charge in [0.05, 0.1) is 0 Å². The lowest BCUT2D eigenvalue weighted by molar-refractivity contribution is -0.158. The van der Waals surface area contributed by atoms with Crippen molar-refractivity contribution in [2.75, 3.05) is 6.61 Å². The maximum atomic E-state index is 11.8. The van der Waals surface area contributed by atoms with Crippen LogP contribution in [0.2, 0.25) is 0 Å². The minimum absolute atomic E-state index is 0.156. The smallest absolute Gasteiger partial charge is 0.306 e. The highest BCUT2D eigenvalue weighted by atomic mass is 16.6. The predicted octanol–water partition coefficient (Wildman–Crippen LogP) is 7.30. The first-order valence-electron chi connectivity index (χ1n) is 12.1. The number of allylic oxidation sites excluding steroid dienone is 1. The number of esters is 2. The van der Waals surface area contributed by atoms with Gasteiger partial charge in [-0.3, -0.25) is 9.59 Å². The highest BCUT2D eigenvalue weighted by Gasteiger charge is 2.12. The van der Waals surface area contributed by atoms with Crippen LogP contribution < -0.4 is 0 Å². The van der Waals surface area contributed by atoms with Gasteiger partial charge in [-0.05, 0) is 32.6 Å². The van der Waals surface area contributed by atoms with Gasteiger partial charge in [-0.25, -0.2) is 0 Å². The fourth-order valence-corrected chi connectivity index (χ4v) is 3.27. The molecule has 1 atom stereocenters. The standard InChI is InChI=1S/C25H46O4/c1-4-6-8-10-12-13-15-16-18-20-24(26)28-22-23(3)29-25(27)21-19-17-14-11-9-7-5-2/h5,23H,2,4,6-22H2,1,3H3/t23-/m0/s1. The Morgan fingerprint density at radius 2 is 1.24 bits per heavy atom. The second-order valence-electron chi connectivity index (χ2n) is 8.16. The minimum atomic E-state index is -0.373. The Morgan fingerprint density at radius 3 is 1.79 bits per heavy atom. The van der Waals surface area contributed by atoms with E-state index in [9.17, 15) is 9.59 Å². The van der Waals surface area contributed by atoms with Crippen LogP contribution in [0.5, 0.6) is 0 Å². The van der Waals surface area contributed by atoms with Gasteiger partial charge in [0, 0.05) is 12.8 Å². The fraction of sp³-hybridized carbons (Fsp3) is 0.840. The summed E-state index contributed by atoms with van der Waals surface area (Å²) in [7, 11) is 0. The Balaban J connectivity index is 3.49. The Hall–Kier alpha value is -1.32. The minimum Gasteiger partial charge on any atom is -0.462 e. The lowest BCUT2D eigenvalue weighted by atomic mass is 10.1. The molecule has 29 heavy (non-hydrogen) atoms. The topological polar surface area (TPSA) is 52.6 Å². The van der Waals surface area contributed by atoms with Gasteiger partial charge >= 0.3 is 11.9 Å². The molecule has 4 nitrogen and oxygen atoms in total. The molecular formula is C25H46O4. The zero-order chi connectivity index (χ0) is 21.6.